The van der Waals surface area contributed by atoms with E-state index in [1.54, 1.807) is 0 Å². The number of hydrogen-bond donors (Lipinski definition) is 1. The standard InChI is InChI=1S/C16H20N2/c1-13-6-3-4-8-16(13)14(2)18-11-9-15-7-5-10-17-12-15/h3-8,10,12,14,18H,9,11H2,1-2H3/t14-/m1/s1. The first-order valence-corrected chi connectivity index (χ1v) is 6.45. The van der Waals surface area contributed by atoms with Crippen molar-refractivity contribution < 1.29 is 0 Å². The summed E-state index contributed by atoms with van der Waals surface area (Å²) in [5.41, 5.74) is 4.00. The van der Waals surface area contributed by atoms with Crippen molar-refractivity contribution in [2.24, 2.45) is 0 Å². The zero-order chi connectivity index (χ0) is 12.8. The van der Waals surface area contributed by atoms with E-state index in [2.05, 4.69) is 54.5 Å². The third kappa shape index (κ3) is 3.41. The predicted molar refractivity (Wildman–Crippen MR) is 75.5 cm³/mol. The minimum atomic E-state index is 0.392. The first kappa shape index (κ1) is 12.8. The molecule has 94 valence electrons. The third-order valence-electron chi connectivity index (χ3n) is 3.24. The van der Waals surface area contributed by atoms with Gasteiger partial charge in [0, 0.05) is 18.4 Å². The van der Waals surface area contributed by atoms with Crippen LogP contribution in [0.1, 0.15) is 29.7 Å². The second-order valence-electron chi connectivity index (χ2n) is 4.64. The molecule has 18 heavy (non-hydrogen) atoms. The van der Waals surface area contributed by atoms with Crippen LogP contribution in [0.15, 0.2) is 48.8 Å². The second kappa shape index (κ2) is 6.31. The molecule has 0 radical (unpaired) electrons. The van der Waals surface area contributed by atoms with Crippen molar-refractivity contribution in [2.75, 3.05) is 6.54 Å². The molecular formula is C16H20N2. The largest absolute Gasteiger partial charge is 0.310 e. The Morgan fingerprint density at radius 2 is 2.00 bits per heavy atom. The van der Waals surface area contributed by atoms with Gasteiger partial charge in [0.25, 0.3) is 0 Å². The van der Waals surface area contributed by atoms with Crippen molar-refractivity contribution in [1.82, 2.24) is 10.3 Å². The minimum Gasteiger partial charge on any atom is -0.310 e. The highest BCUT2D eigenvalue weighted by atomic mass is 14.9. The molecule has 0 amide bonds. The van der Waals surface area contributed by atoms with Gasteiger partial charge in [-0.3, -0.25) is 4.98 Å². The van der Waals surface area contributed by atoms with Gasteiger partial charge in [0.15, 0.2) is 0 Å². The van der Waals surface area contributed by atoms with Crippen molar-refractivity contribution in [3.05, 3.63) is 65.5 Å². The lowest BCUT2D eigenvalue weighted by molar-refractivity contribution is 0.574. The van der Waals surface area contributed by atoms with E-state index in [0.29, 0.717) is 6.04 Å². The molecule has 0 unspecified atom stereocenters. The Labute approximate surface area is 109 Å². The van der Waals surface area contributed by atoms with Crippen LogP contribution in [0.2, 0.25) is 0 Å². The molecule has 1 atom stereocenters. The van der Waals surface area contributed by atoms with Crippen LogP contribution < -0.4 is 5.32 Å². The highest BCUT2D eigenvalue weighted by Crippen LogP contribution is 2.16. The molecule has 0 bridgehead atoms. The summed E-state index contributed by atoms with van der Waals surface area (Å²) in [4.78, 5) is 4.13. The van der Waals surface area contributed by atoms with Crippen molar-refractivity contribution in [2.45, 2.75) is 26.3 Å². The Morgan fingerprint density at radius 3 is 2.72 bits per heavy atom. The molecule has 2 heteroatoms. The quantitative estimate of drug-likeness (QED) is 0.867. The minimum absolute atomic E-state index is 0.392. The first-order chi connectivity index (χ1) is 8.77. The highest BCUT2D eigenvalue weighted by Gasteiger charge is 2.06. The fourth-order valence-electron chi connectivity index (χ4n) is 2.16. The molecule has 1 N–H and O–H groups in total. The summed E-state index contributed by atoms with van der Waals surface area (Å²) in [6, 6.07) is 13.0. The average molecular weight is 240 g/mol. The maximum absolute atomic E-state index is 4.13. The number of aryl methyl sites for hydroxylation is 1. The number of pyridine rings is 1. The van der Waals surface area contributed by atoms with E-state index in [4.69, 9.17) is 0 Å². The van der Waals surface area contributed by atoms with Gasteiger partial charge in [-0.25, -0.2) is 0 Å². The van der Waals surface area contributed by atoms with Gasteiger partial charge in [-0.2, -0.15) is 0 Å². The summed E-state index contributed by atoms with van der Waals surface area (Å²) >= 11 is 0. The molecule has 0 fully saturated rings. The van der Waals surface area contributed by atoms with E-state index in [0.717, 1.165) is 13.0 Å². The van der Waals surface area contributed by atoms with Crippen LogP contribution in [0.5, 0.6) is 0 Å². The Balaban J connectivity index is 1.86. The van der Waals surface area contributed by atoms with Gasteiger partial charge < -0.3 is 5.32 Å². The number of benzene rings is 1. The number of rotatable bonds is 5. The summed E-state index contributed by atoms with van der Waals surface area (Å²) in [6.45, 7) is 5.35. The van der Waals surface area contributed by atoms with Gasteiger partial charge in [-0.1, -0.05) is 30.3 Å². The number of nitrogens with one attached hydrogen (secondary N) is 1. The van der Waals surface area contributed by atoms with Gasteiger partial charge in [-0.05, 0) is 49.6 Å². The molecule has 0 aliphatic carbocycles. The summed E-state index contributed by atoms with van der Waals surface area (Å²) in [7, 11) is 0. The molecule has 2 rings (SSSR count). The van der Waals surface area contributed by atoms with Crippen molar-refractivity contribution in [3.8, 4) is 0 Å². The number of nitrogens with zero attached hydrogens (tertiary/aromatic N) is 1. The highest BCUT2D eigenvalue weighted by molar-refractivity contribution is 5.28. The Bertz CT molecular complexity index is 479. The summed E-state index contributed by atoms with van der Waals surface area (Å²) in [5.74, 6) is 0. The Hall–Kier alpha value is -1.67. The van der Waals surface area contributed by atoms with E-state index in [1.165, 1.54) is 16.7 Å². The monoisotopic (exact) mass is 240 g/mol. The van der Waals surface area contributed by atoms with Crippen LogP contribution in [-0.4, -0.2) is 11.5 Å². The average Bonchev–Trinajstić information content (AvgIpc) is 2.40. The normalized spacial score (nSPS) is 12.3. The number of hydrogen-bond acceptors (Lipinski definition) is 2. The second-order valence-corrected chi connectivity index (χ2v) is 4.64. The molecule has 0 saturated carbocycles. The fourth-order valence-corrected chi connectivity index (χ4v) is 2.16. The molecule has 0 spiro atoms. The lowest BCUT2D eigenvalue weighted by atomic mass is 10.0. The smallest absolute Gasteiger partial charge is 0.0300 e. The van der Waals surface area contributed by atoms with E-state index in [1.807, 2.05) is 18.5 Å². The van der Waals surface area contributed by atoms with E-state index >= 15 is 0 Å². The van der Waals surface area contributed by atoms with E-state index in [-0.39, 0.29) is 0 Å². The Morgan fingerprint density at radius 1 is 1.17 bits per heavy atom. The van der Waals surface area contributed by atoms with Crippen LogP contribution in [-0.2, 0) is 6.42 Å². The number of aromatic nitrogens is 1. The van der Waals surface area contributed by atoms with E-state index < -0.39 is 0 Å². The van der Waals surface area contributed by atoms with Gasteiger partial charge in [-0.15, -0.1) is 0 Å². The molecule has 2 aromatic rings. The molecule has 0 aliphatic heterocycles. The SMILES string of the molecule is Cc1ccccc1[C@@H](C)NCCc1cccnc1. The lowest BCUT2D eigenvalue weighted by Crippen LogP contribution is -2.22. The van der Waals surface area contributed by atoms with Gasteiger partial charge in [0.05, 0.1) is 0 Å². The lowest BCUT2D eigenvalue weighted by Gasteiger charge is -2.16. The van der Waals surface area contributed by atoms with Crippen molar-refractivity contribution in [3.63, 3.8) is 0 Å². The molecule has 0 aliphatic rings. The van der Waals surface area contributed by atoms with E-state index in [9.17, 15) is 0 Å². The summed E-state index contributed by atoms with van der Waals surface area (Å²) in [5, 5.41) is 3.56. The molecule has 0 saturated heterocycles. The Kier molecular flexibility index (Phi) is 4.48. The van der Waals surface area contributed by atoms with Crippen LogP contribution in [0, 0.1) is 6.92 Å². The molecule has 1 aromatic carbocycles. The van der Waals surface area contributed by atoms with Crippen LogP contribution in [0.4, 0.5) is 0 Å². The zero-order valence-electron chi connectivity index (χ0n) is 11.1. The molecule has 2 nitrogen and oxygen atoms in total. The van der Waals surface area contributed by atoms with Gasteiger partial charge >= 0.3 is 0 Å². The van der Waals surface area contributed by atoms with Gasteiger partial charge in [0.1, 0.15) is 0 Å². The maximum atomic E-state index is 4.13. The zero-order valence-corrected chi connectivity index (χ0v) is 11.1. The van der Waals surface area contributed by atoms with Crippen molar-refractivity contribution >= 4 is 0 Å². The summed E-state index contributed by atoms with van der Waals surface area (Å²) < 4.78 is 0. The predicted octanol–water partition coefficient (Wildman–Crippen LogP) is 3.28. The van der Waals surface area contributed by atoms with Crippen LogP contribution >= 0.6 is 0 Å². The first-order valence-electron chi connectivity index (χ1n) is 6.45. The van der Waals surface area contributed by atoms with Gasteiger partial charge in [0.2, 0.25) is 0 Å². The van der Waals surface area contributed by atoms with Crippen molar-refractivity contribution in [1.29, 1.82) is 0 Å². The molecule has 1 heterocycles. The summed E-state index contributed by atoms with van der Waals surface area (Å²) in [6.07, 6.45) is 4.76. The van der Waals surface area contributed by atoms with Crippen LogP contribution in [0.3, 0.4) is 0 Å². The topological polar surface area (TPSA) is 24.9 Å². The molecule has 1 aromatic heterocycles. The maximum Gasteiger partial charge on any atom is 0.0300 e. The fraction of sp³-hybridized carbons (Fsp3) is 0.312. The molecular weight excluding hydrogens is 220 g/mol. The van der Waals surface area contributed by atoms with Crippen LogP contribution in [0.25, 0.3) is 0 Å². The third-order valence-corrected chi connectivity index (χ3v) is 3.24.